The number of nitrogens with one attached hydrogen (secondary N) is 1. The van der Waals surface area contributed by atoms with Gasteiger partial charge in [-0.25, -0.2) is 0 Å². The van der Waals surface area contributed by atoms with Crippen LogP contribution >= 0.6 is 0 Å². The molecule has 0 radical (unpaired) electrons. The quantitative estimate of drug-likeness (QED) is 0.178. The van der Waals surface area contributed by atoms with Crippen LogP contribution in [0.4, 0.5) is 11.4 Å². The molecule has 13 nitrogen and oxygen atoms in total. The maximum atomic E-state index is 14.6. The van der Waals surface area contributed by atoms with Gasteiger partial charge in [-0.05, 0) is 50.6 Å². The number of aryl methyl sites for hydroxylation is 1. The maximum Gasteiger partial charge on any atom is 0.305 e. The van der Waals surface area contributed by atoms with Crippen molar-refractivity contribution in [2.75, 3.05) is 49.7 Å². The van der Waals surface area contributed by atoms with Crippen LogP contribution in [0.15, 0.2) is 24.4 Å². The second kappa shape index (κ2) is 13.1. The van der Waals surface area contributed by atoms with Crippen LogP contribution in [0.25, 0.3) is 0 Å². The molecule has 1 aromatic carbocycles. The number of hydrogen-bond donors (Lipinski definition) is 3. The zero-order valence-electron chi connectivity index (χ0n) is 26.0. The van der Waals surface area contributed by atoms with Crippen molar-refractivity contribution in [3.63, 3.8) is 0 Å². The minimum atomic E-state index is -2.87. The lowest BCUT2D eigenvalue weighted by Crippen LogP contribution is -2.48. The molecule has 2 fully saturated rings. The highest BCUT2D eigenvalue weighted by Crippen LogP contribution is 2.60. The number of carbonyl (C=O) groups is 3. The molecule has 1 spiro atoms. The summed E-state index contributed by atoms with van der Waals surface area (Å²) >= 11 is 0. The van der Waals surface area contributed by atoms with Crippen molar-refractivity contribution in [1.29, 1.82) is 0 Å². The van der Waals surface area contributed by atoms with Crippen molar-refractivity contribution in [3.8, 4) is 0 Å². The second-order valence-electron chi connectivity index (χ2n) is 12.5. The molecular weight excluding hydrogens is 584 g/mol. The summed E-state index contributed by atoms with van der Waals surface area (Å²) in [6, 6.07) is 5.69. The maximum absolute atomic E-state index is 14.6. The highest BCUT2D eigenvalue weighted by atomic mass is 28.4. The fraction of sp³-hybridized carbons (Fsp3) is 0.633. The van der Waals surface area contributed by atoms with Crippen molar-refractivity contribution in [1.82, 2.24) is 20.3 Å². The predicted molar refractivity (Wildman–Crippen MR) is 164 cm³/mol. The number of ether oxygens (including phenoxy) is 2. The Hall–Kier alpha value is -3.17. The van der Waals surface area contributed by atoms with E-state index in [4.69, 9.17) is 9.47 Å². The summed E-state index contributed by atoms with van der Waals surface area (Å²) < 4.78 is 13.4. The van der Waals surface area contributed by atoms with Crippen LogP contribution in [-0.4, -0.2) is 97.0 Å². The molecule has 14 heteroatoms. The first-order chi connectivity index (χ1) is 21.0. The van der Waals surface area contributed by atoms with Crippen molar-refractivity contribution >= 4 is 37.5 Å². The van der Waals surface area contributed by atoms with Crippen molar-refractivity contribution in [2.24, 2.45) is 5.92 Å². The Bertz CT molecular complexity index is 1380. The topological polar surface area (TPSA) is 159 Å². The number of nitrogens with zero attached hydrogens (tertiary/aromatic N) is 5. The van der Waals surface area contributed by atoms with Gasteiger partial charge in [0, 0.05) is 74.5 Å². The molecule has 2 saturated heterocycles. The average Bonchev–Trinajstić information content (AvgIpc) is 3.63. The Kier molecular flexibility index (Phi) is 9.56. The van der Waals surface area contributed by atoms with Gasteiger partial charge in [0.2, 0.25) is 5.91 Å². The first-order valence-corrected chi connectivity index (χ1v) is 18.5. The van der Waals surface area contributed by atoms with E-state index in [1.54, 1.807) is 20.7 Å². The van der Waals surface area contributed by atoms with Crippen LogP contribution < -0.4 is 15.1 Å². The number of fused-ring (bicyclic) bond motifs is 2. The summed E-state index contributed by atoms with van der Waals surface area (Å²) in [4.78, 5) is 54.2. The van der Waals surface area contributed by atoms with Crippen LogP contribution in [0.2, 0.25) is 18.6 Å². The number of hydrogen-bond acceptors (Lipinski definition) is 10. The van der Waals surface area contributed by atoms with E-state index in [-0.39, 0.29) is 48.8 Å². The molecular formula is C30H44N6O7Si. The summed E-state index contributed by atoms with van der Waals surface area (Å²) in [5, 5.41) is 20.6. The fourth-order valence-corrected chi connectivity index (χ4v) is 9.79. The van der Waals surface area contributed by atoms with Crippen LogP contribution in [-0.2, 0) is 42.4 Å². The first kappa shape index (κ1) is 32.2. The van der Waals surface area contributed by atoms with Crippen LogP contribution in [0, 0.1) is 5.92 Å². The molecule has 2 amide bonds. The lowest BCUT2D eigenvalue weighted by atomic mass is 9.82. The molecule has 3 aliphatic rings. The van der Waals surface area contributed by atoms with Crippen LogP contribution in [0.1, 0.15) is 43.9 Å². The van der Waals surface area contributed by atoms with E-state index in [0.717, 1.165) is 5.69 Å². The summed E-state index contributed by atoms with van der Waals surface area (Å²) in [5.74, 6) is -0.856. The number of amides is 2. The Labute approximate surface area is 258 Å². The molecule has 1 aromatic heterocycles. The number of carbonyl (C=O) groups excluding carboxylic acids is 3. The smallest absolute Gasteiger partial charge is 0.305 e. The molecule has 44 heavy (non-hydrogen) atoms. The van der Waals surface area contributed by atoms with Gasteiger partial charge in [-0.1, -0.05) is 12.1 Å². The van der Waals surface area contributed by atoms with Gasteiger partial charge in [0.15, 0.2) is 13.9 Å². The molecule has 0 aliphatic carbocycles. The molecule has 4 atom stereocenters. The molecule has 4 heterocycles. The van der Waals surface area contributed by atoms with Crippen LogP contribution in [0.3, 0.4) is 0 Å². The standard InChI is InChI=1S/C30H44N6O7Si/c1-20-28(44(3,4)41)25(10-14-34-19-21(11-16-37)32-33-34)43-30(20)23-17-22(35-15-12-31-18-26(35)38)8-9-24(23)36(29(30)40)13-6-5-7-27(39)42-2/h8-9,17,19-20,25,28,31,37,41H,5-7,10-16,18H2,1-4H3/t20-,25+,28-,30+/m0/s1. The summed E-state index contributed by atoms with van der Waals surface area (Å²) in [6.45, 7) is 8.06. The van der Waals surface area contributed by atoms with Crippen molar-refractivity contribution in [2.45, 2.75) is 75.9 Å². The molecule has 3 aliphatic heterocycles. The molecule has 0 unspecified atom stereocenters. The lowest BCUT2D eigenvalue weighted by molar-refractivity contribution is -0.146. The minimum Gasteiger partial charge on any atom is -0.469 e. The Morgan fingerprint density at radius 1 is 1.25 bits per heavy atom. The largest absolute Gasteiger partial charge is 0.469 e. The number of methoxy groups -OCH3 is 1. The summed E-state index contributed by atoms with van der Waals surface area (Å²) in [5.41, 5.74) is 1.25. The molecule has 5 rings (SSSR count). The van der Waals surface area contributed by atoms with Gasteiger partial charge in [-0.15, -0.1) is 5.10 Å². The van der Waals surface area contributed by atoms with E-state index in [9.17, 15) is 24.3 Å². The Morgan fingerprint density at radius 2 is 2.05 bits per heavy atom. The third-order valence-electron chi connectivity index (χ3n) is 9.21. The third kappa shape index (κ3) is 6.05. The average molecular weight is 629 g/mol. The van der Waals surface area contributed by atoms with Crippen LogP contribution in [0.5, 0.6) is 0 Å². The Balaban J connectivity index is 1.49. The summed E-state index contributed by atoms with van der Waals surface area (Å²) in [6.07, 6.45) is 3.72. The Morgan fingerprint density at radius 3 is 2.75 bits per heavy atom. The zero-order chi connectivity index (χ0) is 31.6. The van der Waals surface area contributed by atoms with E-state index in [0.29, 0.717) is 68.8 Å². The number of aliphatic hydroxyl groups is 1. The molecule has 0 saturated carbocycles. The van der Waals surface area contributed by atoms with Gasteiger partial charge in [0.05, 0.1) is 31.1 Å². The minimum absolute atomic E-state index is 0.0148. The molecule has 0 bridgehead atoms. The number of unbranched alkanes of at least 4 members (excludes halogenated alkanes) is 1. The van der Waals surface area contributed by atoms with E-state index in [1.807, 2.05) is 38.2 Å². The molecule has 3 N–H and O–H groups in total. The van der Waals surface area contributed by atoms with Crippen molar-refractivity contribution in [3.05, 3.63) is 35.7 Å². The zero-order valence-corrected chi connectivity index (χ0v) is 27.0. The normalized spacial score (nSPS) is 25.3. The van der Waals surface area contributed by atoms with Gasteiger partial charge in [-0.3, -0.25) is 19.1 Å². The number of rotatable bonds is 12. The second-order valence-corrected chi connectivity index (χ2v) is 16.5. The van der Waals surface area contributed by atoms with E-state index >= 15 is 0 Å². The molecule has 240 valence electrons. The van der Waals surface area contributed by atoms with E-state index in [2.05, 4.69) is 15.6 Å². The number of aliphatic hydroxyl groups excluding tert-OH is 1. The van der Waals surface area contributed by atoms with Gasteiger partial charge < -0.3 is 34.5 Å². The lowest BCUT2D eigenvalue weighted by Gasteiger charge is -2.33. The van der Waals surface area contributed by atoms with Crippen molar-refractivity contribution < 1.29 is 33.8 Å². The van der Waals surface area contributed by atoms with Gasteiger partial charge in [0.25, 0.3) is 5.91 Å². The third-order valence-corrected chi connectivity index (χ3v) is 11.7. The highest BCUT2D eigenvalue weighted by Gasteiger charge is 2.66. The monoisotopic (exact) mass is 628 g/mol. The summed E-state index contributed by atoms with van der Waals surface area (Å²) in [7, 11) is -1.50. The highest BCUT2D eigenvalue weighted by molar-refractivity contribution is 6.71. The van der Waals surface area contributed by atoms with Gasteiger partial charge in [0.1, 0.15) is 0 Å². The SMILES string of the molecule is COC(=O)CCCCN1C(=O)[C@]2(O[C@H](CCn3cc(CCO)nn3)[C@@H]([Si](C)(C)O)[C@@H]2C)c2cc(N3CCNCC3=O)ccc21. The number of anilines is 2. The fourth-order valence-electron chi connectivity index (χ4n) is 7.18. The van der Waals surface area contributed by atoms with Gasteiger partial charge in [-0.2, -0.15) is 0 Å². The van der Waals surface area contributed by atoms with E-state index in [1.165, 1.54) is 7.11 Å². The number of benzene rings is 1. The number of aromatic nitrogens is 3. The molecule has 2 aromatic rings. The van der Waals surface area contributed by atoms with E-state index < -0.39 is 20.0 Å². The number of piperazine rings is 1. The van der Waals surface area contributed by atoms with Gasteiger partial charge >= 0.3 is 5.97 Å². The first-order valence-electron chi connectivity index (χ1n) is 15.5. The predicted octanol–water partition coefficient (Wildman–Crippen LogP) is 1.33. The number of esters is 1.